The van der Waals surface area contributed by atoms with E-state index in [0.717, 1.165) is 0 Å². The number of amides is 1. The zero-order valence-electron chi connectivity index (χ0n) is 8.78. The van der Waals surface area contributed by atoms with Crippen LogP contribution in [0.15, 0.2) is 18.2 Å². The summed E-state index contributed by atoms with van der Waals surface area (Å²) >= 11 is 10.5. The van der Waals surface area contributed by atoms with Gasteiger partial charge in [-0.2, -0.15) is 0 Å². The average molecular weight is 273 g/mol. The molecule has 7 heteroatoms. The minimum Gasteiger partial charge on any atom is -0.478 e. The zero-order valence-corrected chi connectivity index (χ0v) is 10.4. The van der Waals surface area contributed by atoms with Gasteiger partial charge in [0.2, 0.25) is 5.91 Å². The van der Waals surface area contributed by atoms with E-state index in [4.69, 9.17) is 28.9 Å². The first-order valence-corrected chi connectivity index (χ1v) is 5.30. The lowest BCUT2D eigenvalue weighted by Crippen LogP contribution is -2.32. The minimum atomic E-state index is -1.14. The molecule has 5 nitrogen and oxygen atoms in total. The molecular weight excluding hydrogens is 264 g/mol. The van der Waals surface area contributed by atoms with Crippen LogP contribution in [0, 0.1) is 0 Å². The maximum atomic E-state index is 10.8. The number of hydrogen-bond donors (Lipinski definition) is 3. The van der Waals surface area contributed by atoms with Crippen LogP contribution in [0.4, 0.5) is 5.69 Å². The van der Waals surface area contributed by atoms with Crippen LogP contribution in [0.1, 0.15) is 17.3 Å². The van der Waals surface area contributed by atoms with Gasteiger partial charge in [0.15, 0.2) is 5.11 Å². The molecule has 0 aliphatic carbocycles. The Morgan fingerprint density at radius 3 is 2.59 bits per heavy atom. The lowest BCUT2D eigenvalue weighted by atomic mass is 10.2. The molecule has 0 aromatic heterocycles. The van der Waals surface area contributed by atoms with Crippen LogP contribution in [0.3, 0.4) is 0 Å². The maximum absolute atomic E-state index is 10.8. The molecule has 1 amide bonds. The summed E-state index contributed by atoms with van der Waals surface area (Å²) in [7, 11) is 0. The highest BCUT2D eigenvalue weighted by Crippen LogP contribution is 2.20. The molecule has 90 valence electrons. The van der Waals surface area contributed by atoms with Gasteiger partial charge >= 0.3 is 5.97 Å². The van der Waals surface area contributed by atoms with Crippen molar-refractivity contribution in [3.8, 4) is 0 Å². The van der Waals surface area contributed by atoms with Gasteiger partial charge in [0.25, 0.3) is 0 Å². The number of carbonyl (C=O) groups is 2. The summed E-state index contributed by atoms with van der Waals surface area (Å²) in [4.78, 5) is 21.5. The molecule has 0 spiro atoms. The second kappa shape index (κ2) is 5.60. The number of aromatic carboxylic acids is 1. The number of nitrogens with one attached hydrogen (secondary N) is 2. The molecule has 3 N–H and O–H groups in total. The summed E-state index contributed by atoms with van der Waals surface area (Å²) in [6.07, 6.45) is 0. The van der Waals surface area contributed by atoms with Crippen molar-refractivity contribution < 1.29 is 14.7 Å². The Bertz CT molecular complexity index is 490. The highest BCUT2D eigenvalue weighted by atomic mass is 35.5. The SMILES string of the molecule is CC(=O)NC(=S)Nc1ccc(Cl)c(C(=O)O)c1. The van der Waals surface area contributed by atoms with E-state index in [0.29, 0.717) is 5.69 Å². The molecule has 0 bridgehead atoms. The van der Waals surface area contributed by atoms with Crippen LogP contribution in [-0.4, -0.2) is 22.1 Å². The van der Waals surface area contributed by atoms with E-state index in [1.807, 2.05) is 0 Å². The van der Waals surface area contributed by atoms with Crippen molar-refractivity contribution >= 4 is 46.5 Å². The number of thiocarbonyl (C=S) groups is 1. The van der Waals surface area contributed by atoms with Gasteiger partial charge in [-0.05, 0) is 30.4 Å². The van der Waals surface area contributed by atoms with E-state index in [1.165, 1.54) is 19.1 Å². The number of hydrogen-bond acceptors (Lipinski definition) is 3. The van der Waals surface area contributed by atoms with Crippen LogP contribution in [0.25, 0.3) is 0 Å². The fraction of sp³-hybridized carbons (Fsp3) is 0.100. The predicted molar refractivity (Wildman–Crippen MR) is 68.4 cm³/mol. The second-order valence-corrected chi connectivity index (χ2v) is 3.95. The Balaban J connectivity index is 2.86. The second-order valence-electron chi connectivity index (χ2n) is 3.14. The van der Waals surface area contributed by atoms with E-state index >= 15 is 0 Å². The quantitative estimate of drug-likeness (QED) is 0.717. The molecule has 1 aromatic rings. The van der Waals surface area contributed by atoms with Gasteiger partial charge in [-0.15, -0.1) is 0 Å². The highest BCUT2D eigenvalue weighted by molar-refractivity contribution is 7.80. The van der Waals surface area contributed by atoms with Crippen molar-refractivity contribution in [3.05, 3.63) is 28.8 Å². The van der Waals surface area contributed by atoms with Crippen LogP contribution < -0.4 is 10.6 Å². The Morgan fingerprint density at radius 1 is 1.41 bits per heavy atom. The van der Waals surface area contributed by atoms with Gasteiger partial charge in [0.1, 0.15) is 0 Å². The van der Waals surface area contributed by atoms with Crippen molar-refractivity contribution in [2.75, 3.05) is 5.32 Å². The molecular formula is C10H9ClN2O3S. The van der Waals surface area contributed by atoms with Gasteiger partial charge in [-0.1, -0.05) is 11.6 Å². The van der Waals surface area contributed by atoms with Crippen LogP contribution in [-0.2, 0) is 4.79 Å². The van der Waals surface area contributed by atoms with Crippen molar-refractivity contribution in [2.24, 2.45) is 0 Å². The fourth-order valence-corrected chi connectivity index (χ4v) is 1.55. The van der Waals surface area contributed by atoms with E-state index in [2.05, 4.69) is 10.6 Å². The van der Waals surface area contributed by atoms with E-state index in [1.54, 1.807) is 6.07 Å². The van der Waals surface area contributed by atoms with E-state index in [9.17, 15) is 9.59 Å². The summed E-state index contributed by atoms with van der Waals surface area (Å²) in [5.41, 5.74) is 0.396. The highest BCUT2D eigenvalue weighted by Gasteiger charge is 2.10. The number of carboxylic acids is 1. The van der Waals surface area contributed by atoms with E-state index in [-0.39, 0.29) is 21.6 Å². The molecule has 0 saturated heterocycles. The molecule has 17 heavy (non-hydrogen) atoms. The van der Waals surface area contributed by atoms with Gasteiger partial charge in [-0.3, -0.25) is 4.79 Å². The summed E-state index contributed by atoms with van der Waals surface area (Å²) < 4.78 is 0. The summed E-state index contributed by atoms with van der Waals surface area (Å²) in [5.74, 6) is -1.45. The normalized spacial score (nSPS) is 9.53. The van der Waals surface area contributed by atoms with Crippen molar-refractivity contribution in [1.82, 2.24) is 5.32 Å². The molecule has 0 atom stereocenters. The van der Waals surface area contributed by atoms with Crippen LogP contribution in [0.5, 0.6) is 0 Å². The van der Waals surface area contributed by atoms with Gasteiger partial charge in [0, 0.05) is 12.6 Å². The number of benzene rings is 1. The summed E-state index contributed by atoms with van der Waals surface area (Å²) in [6.45, 7) is 1.32. The molecule has 0 radical (unpaired) electrons. The predicted octanol–water partition coefficient (Wildman–Crippen LogP) is 1.87. The maximum Gasteiger partial charge on any atom is 0.337 e. The monoisotopic (exact) mass is 272 g/mol. The fourth-order valence-electron chi connectivity index (χ4n) is 1.09. The molecule has 1 rings (SSSR count). The molecule has 1 aromatic carbocycles. The van der Waals surface area contributed by atoms with Crippen molar-refractivity contribution in [3.63, 3.8) is 0 Å². The minimum absolute atomic E-state index is 0.0395. The number of halogens is 1. The number of rotatable bonds is 2. The molecule has 0 saturated carbocycles. The smallest absolute Gasteiger partial charge is 0.337 e. The van der Waals surface area contributed by atoms with Crippen LogP contribution in [0.2, 0.25) is 5.02 Å². The van der Waals surface area contributed by atoms with Gasteiger partial charge in [-0.25, -0.2) is 4.79 Å². The zero-order chi connectivity index (χ0) is 13.0. The number of carboxylic acid groups (broad SMARTS) is 1. The Kier molecular flexibility index (Phi) is 4.42. The third-order valence-electron chi connectivity index (χ3n) is 1.74. The summed E-state index contributed by atoms with van der Waals surface area (Å²) in [6, 6.07) is 4.32. The third kappa shape index (κ3) is 4.01. The molecule has 0 unspecified atom stereocenters. The first-order valence-electron chi connectivity index (χ1n) is 4.51. The third-order valence-corrected chi connectivity index (χ3v) is 2.28. The first kappa shape index (κ1) is 13.4. The molecule has 0 aliphatic heterocycles. The average Bonchev–Trinajstić information content (AvgIpc) is 2.19. The standard InChI is InChI=1S/C10H9ClN2O3S/c1-5(14)12-10(17)13-6-2-3-8(11)7(4-6)9(15)16/h2-4H,1H3,(H,15,16)(H2,12,13,14,17). The topological polar surface area (TPSA) is 78.4 Å². The first-order chi connectivity index (χ1) is 7.90. The van der Waals surface area contributed by atoms with E-state index < -0.39 is 5.97 Å². The Morgan fingerprint density at radius 2 is 2.06 bits per heavy atom. The number of anilines is 1. The van der Waals surface area contributed by atoms with Gasteiger partial charge < -0.3 is 15.7 Å². The molecule has 0 heterocycles. The van der Waals surface area contributed by atoms with Crippen molar-refractivity contribution in [1.29, 1.82) is 0 Å². The summed E-state index contributed by atoms with van der Waals surface area (Å²) in [5, 5.41) is 14.1. The van der Waals surface area contributed by atoms with Crippen LogP contribution >= 0.6 is 23.8 Å². The lowest BCUT2D eigenvalue weighted by molar-refractivity contribution is -0.117. The Labute approximate surface area is 108 Å². The number of carbonyl (C=O) groups excluding carboxylic acids is 1. The van der Waals surface area contributed by atoms with Gasteiger partial charge in [0.05, 0.1) is 10.6 Å². The lowest BCUT2D eigenvalue weighted by Gasteiger charge is -2.09. The van der Waals surface area contributed by atoms with Crippen molar-refractivity contribution in [2.45, 2.75) is 6.92 Å². The Hall–Kier alpha value is -1.66. The largest absolute Gasteiger partial charge is 0.478 e. The molecule has 0 aliphatic rings. The molecule has 0 fully saturated rings.